The normalized spacial score (nSPS) is 12.0. The molecule has 0 aliphatic rings. The molecule has 1 N–H and O–H groups in total. The summed E-state index contributed by atoms with van der Waals surface area (Å²) in [6.07, 6.45) is -0.630. The molecule has 1 aromatic carbocycles. The van der Waals surface area contributed by atoms with Gasteiger partial charge in [0.05, 0.1) is 11.4 Å². The molecule has 0 bridgehead atoms. The Labute approximate surface area is 156 Å². The lowest BCUT2D eigenvalue weighted by Crippen LogP contribution is -2.36. The Balaban J connectivity index is 1.58. The number of aromatic nitrogens is 2. The lowest BCUT2D eigenvalue weighted by atomic mass is 10.1. The molecule has 0 fully saturated rings. The molecule has 0 radical (unpaired) electrons. The maximum atomic E-state index is 12.3. The fourth-order valence-corrected chi connectivity index (χ4v) is 3.16. The van der Waals surface area contributed by atoms with Gasteiger partial charge in [-0.15, -0.1) is 11.3 Å². The topological polar surface area (TPSA) is 77.2 Å². The average Bonchev–Trinajstić information content (AvgIpc) is 3.28. The number of nitrogens with one attached hydrogen (secondary N) is 1. The molecule has 2 aromatic heterocycles. The highest BCUT2D eigenvalue weighted by Gasteiger charge is 2.18. The monoisotopic (exact) mass is 371 g/mol. The highest BCUT2D eigenvalue weighted by atomic mass is 32.1. The van der Waals surface area contributed by atoms with Gasteiger partial charge >= 0.3 is 0 Å². The first kappa shape index (κ1) is 18.1. The molecule has 0 aliphatic carbocycles. The van der Waals surface area contributed by atoms with Crippen molar-refractivity contribution in [2.75, 3.05) is 0 Å². The molecule has 136 valence electrons. The van der Waals surface area contributed by atoms with Crippen molar-refractivity contribution in [2.45, 2.75) is 40.3 Å². The largest absolute Gasteiger partial charge is 0.481 e. The molecule has 2 heterocycles. The van der Waals surface area contributed by atoms with Crippen molar-refractivity contribution >= 4 is 17.2 Å². The lowest BCUT2D eigenvalue weighted by molar-refractivity contribution is -0.127. The molecule has 3 rings (SSSR count). The van der Waals surface area contributed by atoms with Crippen molar-refractivity contribution in [1.29, 1.82) is 0 Å². The summed E-state index contributed by atoms with van der Waals surface area (Å²) < 4.78 is 11.0. The predicted molar refractivity (Wildman–Crippen MR) is 100 cm³/mol. The van der Waals surface area contributed by atoms with Crippen molar-refractivity contribution in [2.24, 2.45) is 0 Å². The van der Waals surface area contributed by atoms with Gasteiger partial charge in [-0.2, -0.15) is 4.98 Å². The number of thiophene rings is 1. The molecule has 1 unspecified atom stereocenters. The van der Waals surface area contributed by atoms with Gasteiger partial charge in [0.1, 0.15) is 5.75 Å². The van der Waals surface area contributed by atoms with Crippen LogP contribution in [0.2, 0.25) is 0 Å². The van der Waals surface area contributed by atoms with Crippen LogP contribution < -0.4 is 10.1 Å². The van der Waals surface area contributed by atoms with E-state index in [0.717, 1.165) is 27.3 Å². The summed E-state index contributed by atoms with van der Waals surface area (Å²) >= 11 is 1.53. The molecule has 0 saturated carbocycles. The zero-order valence-electron chi connectivity index (χ0n) is 15.2. The number of aryl methyl sites for hydroxylation is 2. The molecule has 3 aromatic rings. The third-order valence-corrected chi connectivity index (χ3v) is 4.93. The van der Waals surface area contributed by atoms with Crippen LogP contribution in [0, 0.1) is 20.8 Å². The number of benzene rings is 1. The molecule has 1 amide bonds. The Hall–Kier alpha value is -2.67. The van der Waals surface area contributed by atoms with Crippen LogP contribution in [0.25, 0.3) is 10.7 Å². The summed E-state index contributed by atoms with van der Waals surface area (Å²) in [6.45, 7) is 7.90. The highest BCUT2D eigenvalue weighted by molar-refractivity contribution is 7.13. The summed E-state index contributed by atoms with van der Waals surface area (Å²) in [6, 6.07) is 7.87. The second-order valence-corrected chi connectivity index (χ2v) is 7.12. The number of hydrogen-bond acceptors (Lipinski definition) is 6. The number of nitrogens with zero attached hydrogens (tertiary/aromatic N) is 2. The predicted octanol–water partition coefficient (Wildman–Crippen LogP) is 3.81. The summed E-state index contributed by atoms with van der Waals surface area (Å²) in [5, 5.41) is 8.64. The van der Waals surface area contributed by atoms with Crippen molar-refractivity contribution < 1.29 is 14.1 Å². The van der Waals surface area contributed by atoms with Crippen LogP contribution in [-0.2, 0) is 11.3 Å². The Kier molecular flexibility index (Phi) is 5.37. The first-order valence-electron chi connectivity index (χ1n) is 8.32. The fraction of sp³-hybridized carbons (Fsp3) is 0.316. The summed E-state index contributed by atoms with van der Waals surface area (Å²) in [5.41, 5.74) is 3.27. The quantitative estimate of drug-likeness (QED) is 0.713. The average molecular weight is 371 g/mol. The second-order valence-electron chi connectivity index (χ2n) is 6.17. The van der Waals surface area contributed by atoms with Crippen LogP contribution in [0.5, 0.6) is 5.75 Å². The highest BCUT2D eigenvalue weighted by Crippen LogP contribution is 2.24. The van der Waals surface area contributed by atoms with Crippen LogP contribution in [-0.4, -0.2) is 22.2 Å². The van der Waals surface area contributed by atoms with E-state index < -0.39 is 6.10 Å². The number of amides is 1. The Morgan fingerprint density at radius 2 is 2.15 bits per heavy atom. The van der Waals surface area contributed by atoms with Crippen molar-refractivity contribution in [3.05, 3.63) is 52.2 Å². The van der Waals surface area contributed by atoms with Crippen molar-refractivity contribution in [3.63, 3.8) is 0 Å². The van der Waals surface area contributed by atoms with Crippen LogP contribution in [0.1, 0.15) is 29.5 Å². The van der Waals surface area contributed by atoms with Gasteiger partial charge in [0.15, 0.2) is 6.10 Å². The maximum Gasteiger partial charge on any atom is 0.261 e. The van der Waals surface area contributed by atoms with Gasteiger partial charge in [-0.3, -0.25) is 4.79 Å². The molecule has 6 nitrogen and oxygen atoms in total. The van der Waals surface area contributed by atoms with E-state index in [2.05, 4.69) is 21.5 Å². The number of carbonyl (C=O) groups is 1. The third kappa shape index (κ3) is 4.11. The van der Waals surface area contributed by atoms with E-state index in [1.807, 2.05) is 44.4 Å². The van der Waals surface area contributed by atoms with E-state index in [9.17, 15) is 4.79 Å². The van der Waals surface area contributed by atoms with Crippen molar-refractivity contribution in [1.82, 2.24) is 15.5 Å². The zero-order valence-corrected chi connectivity index (χ0v) is 16.0. The van der Waals surface area contributed by atoms with E-state index >= 15 is 0 Å². The smallest absolute Gasteiger partial charge is 0.261 e. The first-order chi connectivity index (χ1) is 12.4. The fourth-order valence-electron chi connectivity index (χ4n) is 2.51. The van der Waals surface area contributed by atoms with Gasteiger partial charge in [0.25, 0.3) is 5.91 Å². The number of rotatable bonds is 6. The van der Waals surface area contributed by atoms with Crippen molar-refractivity contribution in [3.8, 4) is 16.5 Å². The minimum Gasteiger partial charge on any atom is -0.481 e. The lowest BCUT2D eigenvalue weighted by Gasteiger charge is -2.17. The number of carbonyl (C=O) groups excluding carboxylic acids is 1. The van der Waals surface area contributed by atoms with Gasteiger partial charge in [-0.25, -0.2) is 0 Å². The number of ether oxygens (including phenoxy) is 1. The first-order valence-corrected chi connectivity index (χ1v) is 9.20. The van der Waals surface area contributed by atoms with E-state index in [1.54, 1.807) is 6.92 Å². The number of hydrogen-bond donors (Lipinski definition) is 1. The van der Waals surface area contributed by atoms with E-state index in [1.165, 1.54) is 11.3 Å². The Bertz CT molecular complexity index is 903. The second kappa shape index (κ2) is 7.70. The van der Waals surface area contributed by atoms with Gasteiger partial charge in [0.2, 0.25) is 11.7 Å². The van der Waals surface area contributed by atoms with Crippen LogP contribution in [0.3, 0.4) is 0 Å². The van der Waals surface area contributed by atoms with Gasteiger partial charge < -0.3 is 14.6 Å². The summed E-state index contributed by atoms with van der Waals surface area (Å²) in [5.74, 6) is 1.37. The summed E-state index contributed by atoms with van der Waals surface area (Å²) in [4.78, 5) is 17.5. The van der Waals surface area contributed by atoms with Gasteiger partial charge in [0, 0.05) is 0 Å². The molecule has 0 spiro atoms. The van der Waals surface area contributed by atoms with Crippen LogP contribution >= 0.6 is 11.3 Å². The van der Waals surface area contributed by atoms with E-state index in [4.69, 9.17) is 9.26 Å². The van der Waals surface area contributed by atoms with E-state index in [0.29, 0.717) is 11.7 Å². The van der Waals surface area contributed by atoms with Crippen LogP contribution in [0.15, 0.2) is 34.2 Å². The molecule has 7 heteroatoms. The molecule has 26 heavy (non-hydrogen) atoms. The van der Waals surface area contributed by atoms with E-state index in [-0.39, 0.29) is 12.5 Å². The van der Waals surface area contributed by atoms with Gasteiger partial charge in [-0.05, 0) is 61.9 Å². The molecular weight excluding hydrogens is 350 g/mol. The Morgan fingerprint density at radius 3 is 2.88 bits per heavy atom. The zero-order chi connectivity index (χ0) is 18.7. The molecule has 0 saturated heterocycles. The minimum atomic E-state index is -0.630. The minimum absolute atomic E-state index is 0.163. The Morgan fingerprint density at radius 1 is 1.35 bits per heavy atom. The third-order valence-electron chi connectivity index (χ3n) is 4.06. The molecular formula is C19H21N3O3S. The summed E-state index contributed by atoms with van der Waals surface area (Å²) in [7, 11) is 0. The SMILES string of the molecule is Cc1cc(C)c(C)c(OC(C)C(=O)NCc2nc(-c3cccs3)no2)c1. The van der Waals surface area contributed by atoms with Gasteiger partial charge in [-0.1, -0.05) is 17.3 Å². The molecule has 0 aliphatic heterocycles. The standard InChI is InChI=1S/C19H21N3O3S/c1-11-8-12(2)13(3)15(9-11)24-14(4)19(23)20-10-17-21-18(22-25-17)16-6-5-7-26-16/h5-9,14H,10H2,1-4H3,(H,20,23). The maximum absolute atomic E-state index is 12.3. The van der Waals surface area contributed by atoms with Crippen LogP contribution in [0.4, 0.5) is 0 Å². The molecule has 1 atom stereocenters.